The molecule has 36 heavy (non-hydrogen) atoms. The fourth-order valence-corrected chi connectivity index (χ4v) is 4.37. The number of aliphatic hydroxyl groups excluding tert-OH is 1. The van der Waals surface area contributed by atoms with Crippen LogP contribution in [0, 0.1) is 6.92 Å². The van der Waals surface area contributed by atoms with Gasteiger partial charge in [0, 0.05) is 19.2 Å². The molecule has 0 spiro atoms. The van der Waals surface area contributed by atoms with Crippen LogP contribution in [-0.2, 0) is 20.9 Å². The largest absolute Gasteiger partial charge is 0.507 e. The Bertz CT molecular complexity index is 1320. The molecule has 4 rings (SSSR count). The number of benzene rings is 3. The van der Waals surface area contributed by atoms with Gasteiger partial charge in [0.2, 0.25) is 0 Å². The van der Waals surface area contributed by atoms with Crippen LogP contribution in [0.2, 0.25) is 10.0 Å². The Kier molecular flexibility index (Phi) is 7.99. The van der Waals surface area contributed by atoms with E-state index in [9.17, 15) is 14.7 Å². The van der Waals surface area contributed by atoms with Crippen LogP contribution >= 0.6 is 23.2 Å². The van der Waals surface area contributed by atoms with E-state index in [0.29, 0.717) is 22.9 Å². The van der Waals surface area contributed by atoms with Gasteiger partial charge in [-0.1, -0.05) is 65.2 Å². The second kappa shape index (κ2) is 11.2. The maximum Gasteiger partial charge on any atom is 0.295 e. The molecule has 1 aliphatic rings. The lowest BCUT2D eigenvalue weighted by Crippen LogP contribution is -2.32. The van der Waals surface area contributed by atoms with E-state index in [4.69, 9.17) is 32.7 Å². The first-order chi connectivity index (χ1) is 17.3. The second-order valence-corrected chi connectivity index (χ2v) is 9.28. The van der Waals surface area contributed by atoms with Gasteiger partial charge >= 0.3 is 0 Å². The minimum Gasteiger partial charge on any atom is -0.507 e. The van der Waals surface area contributed by atoms with Crippen LogP contribution in [-0.4, -0.2) is 42.0 Å². The molecule has 0 radical (unpaired) electrons. The summed E-state index contributed by atoms with van der Waals surface area (Å²) in [5, 5.41) is 11.7. The predicted molar refractivity (Wildman–Crippen MR) is 139 cm³/mol. The molecular formula is C28H25Cl2NO5. The number of hydrogen-bond acceptors (Lipinski definition) is 5. The topological polar surface area (TPSA) is 76.1 Å². The SMILES string of the molecule is COCCN1C(=O)C(=O)/C(=C(\O)c2ccc(Cl)c(Cl)c2)C1c1cccc(OCc2ccc(C)cc2)c1. The van der Waals surface area contributed by atoms with Crippen LogP contribution in [0.5, 0.6) is 5.75 Å². The van der Waals surface area contributed by atoms with Crippen LogP contribution in [0.4, 0.5) is 0 Å². The Morgan fingerprint density at radius 2 is 1.75 bits per heavy atom. The first kappa shape index (κ1) is 25.8. The van der Waals surface area contributed by atoms with Crippen LogP contribution in [0.15, 0.2) is 72.3 Å². The fourth-order valence-electron chi connectivity index (χ4n) is 4.07. The lowest BCUT2D eigenvalue weighted by atomic mass is 9.95. The summed E-state index contributed by atoms with van der Waals surface area (Å²) in [7, 11) is 1.51. The van der Waals surface area contributed by atoms with Crippen molar-refractivity contribution in [2.75, 3.05) is 20.3 Å². The summed E-state index contributed by atoms with van der Waals surface area (Å²) in [5.41, 5.74) is 3.04. The summed E-state index contributed by atoms with van der Waals surface area (Å²) in [5.74, 6) is -1.27. The minimum atomic E-state index is -0.836. The van der Waals surface area contributed by atoms with Gasteiger partial charge in [-0.25, -0.2) is 0 Å². The standard InChI is InChI=1S/C28H25Cl2NO5/c1-17-6-8-18(9-7-17)16-36-21-5-3-4-19(14-21)25-24(27(33)28(34)31(25)12-13-35-2)26(32)20-10-11-22(29)23(30)15-20/h3-11,14-15,25,32H,12-13,16H2,1-2H3/b26-24-. The van der Waals surface area contributed by atoms with Crippen molar-refractivity contribution in [2.24, 2.45) is 0 Å². The Labute approximate surface area is 219 Å². The van der Waals surface area contributed by atoms with Crippen LogP contribution in [0.3, 0.4) is 0 Å². The number of carbonyl (C=O) groups is 2. The fraction of sp³-hybridized carbons (Fsp3) is 0.214. The number of Topliss-reactive ketones (excluding diaryl/α,β-unsaturated/α-hetero) is 1. The first-order valence-electron chi connectivity index (χ1n) is 11.3. The molecule has 1 fully saturated rings. The zero-order chi connectivity index (χ0) is 25.8. The summed E-state index contributed by atoms with van der Waals surface area (Å²) in [4.78, 5) is 27.5. The molecule has 1 amide bonds. The van der Waals surface area contributed by atoms with Gasteiger partial charge < -0.3 is 19.5 Å². The van der Waals surface area contributed by atoms with Crippen molar-refractivity contribution in [3.63, 3.8) is 0 Å². The quantitative estimate of drug-likeness (QED) is 0.223. The smallest absolute Gasteiger partial charge is 0.295 e. The molecule has 186 valence electrons. The van der Waals surface area contributed by atoms with E-state index in [0.717, 1.165) is 11.1 Å². The molecule has 8 heteroatoms. The summed E-state index contributed by atoms with van der Waals surface area (Å²) in [6, 6.07) is 18.9. The van der Waals surface area contributed by atoms with E-state index in [1.165, 1.54) is 24.1 Å². The van der Waals surface area contributed by atoms with Crippen molar-refractivity contribution in [1.29, 1.82) is 0 Å². The molecule has 6 nitrogen and oxygen atoms in total. The second-order valence-electron chi connectivity index (χ2n) is 8.46. The molecular weight excluding hydrogens is 501 g/mol. The molecule has 0 aliphatic carbocycles. The van der Waals surface area contributed by atoms with Gasteiger partial charge in [-0.3, -0.25) is 9.59 Å². The number of nitrogens with zero attached hydrogens (tertiary/aromatic N) is 1. The van der Waals surface area contributed by atoms with E-state index in [1.54, 1.807) is 30.3 Å². The van der Waals surface area contributed by atoms with E-state index in [-0.39, 0.29) is 35.1 Å². The van der Waals surface area contributed by atoms with Gasteiger partial charge in [-0.05, 0) is 48.4 Å². The summed E-state index contributed by atoms with van der Waals surface area (Å²) in [6.07, 6.45) is 0. The van der Waals surface area contributed by atoms with E-state index < -0.39 is 17.7 Å². The van der Waals surface area contributed by atoms with Gasteiger partial charge in [0.25, 0.3) is 11.7 Å². The highest BCUT2D eigenvalue weighted by Crippen LogP contribution is 2.40. The van der Waals surface area contributed by atoms with Gasteiger partial charge in [-0.15, -0.1) is 0 Å². The highest BCUT2D eigenvalue weighted by atomic mass is 35.5. The Morgan fingerprint density at radius 1 is 1.00 bits per heavy atom. The Balaban J connectivity index is 1.73. The third kappa shape index (κ3) is 5.41. The van der Waals surface area contributed by atoms with Crippen molar-refractivity contribution < 1.29 is 24.2 Å². The van der Waals surface area contributed by atoms with Crippen molar-refractivity contribution in [1.82, 2.24) is 4.90 Å². The van der Waals surface area contributed by atoms with Crippen LogP contribution in [0.1, 0.15) is 28.3 Å². The number of ketones is 1. The zero-order valence-corrected chi connectivity index (χ0v) is 21.3. The number of amides is 1. The number of aryl methyl sites for hydroxylation is 1. The van der Waals surface area contributed by atoms with E-state index in [1.807, 2.05) is 31.2 Å². The number of rotatable bonds is 8. The Hall–Kier alpha value is -3.32. The number of ether oxygens (including phenoxy) is 2. The molecule has 0 saturated carbocycles. The van der Waals surface area contributed by atoms with Crippen molar-refractivity contribution in [3.8, 4) is 5.75 Å². The van der Waals surface area contributed by atoms with Crippen LogP contribution < -0.4 is 4.74 Å². The molecule has 1 atom stereocenters. The lowest BCUT2D eigenvalue weighted by molar-refractivity contribution is -0.140. The van der Waals surface area contributed by atoms with E-state index >= 15 is 0 Å². The van der Waals surface area contributed by atoms with Crippen molar-refractivity contribution >= 4 is 40.7 Å². The molecule has 1 saturated heterocycles. The number of likely N-dealkylation sites (tertiary alicyclic amines) is 1. The maximum absolute atomic E-state index is 13.1. The predicted octanol–water partition coefficient (Wildman–Crippen LogP) is 5.95. The molecule has 1 N–H and O–H groups in total. The molecule has 1 aliphatic heterocycles. The Morgan fingerprint density at radius 3 is 2.44 bits per heavy atom. The highest BCUT2D eigenvalue weighted by Gasteiger charge is 2.46. The minimum absolute atomic E-state index is 0.0369. The average Bonchev–Trinajstić information content (AvgIpc) is 3.13. The summed E-state index contributed by atoms with van der Waals surface area (Å²) < 4.78 is 11.1. The van der Waals surface area contributed by atoms with Crippen molar-refractivity contribution in [2.45, 2.75) is 19.6 Å². The van der Waals surface area contributed by atoms with Gasteiger partial charge in [0.05, 0.1) is 28.3 Å². The number of methoxy groups -OCH3 is 1. The molecule has 3 aromatic rings. The highest BCUT2D eigenvalue weighted by molar-refractivity contribution is 6.46. The molecule has 1 heterocycles. The molecule has 3 aromatic carbocycles. The summed E-state index contributed by atoms with van der Waals surface area (Å²) >= 11 is 12.1. The third-order valence-corrected chi connectivity index (χ3v) is 6.71. The lowest BCUT2D eigenvalue weighted by Gasteiger charge is -2.25. The van der Waals surface area contributed by atoms with Gasteiger partial charge in [-0.2, -0.15) is 0 Å². The van der Waals surface area contributed by atoms with E-state index in [2.05, 4.69) is 0 Å². The van der Waals surface area contributed by atoms with Crippen LogP contribution in [0.25, 0.3) is 5.76 Å². The monoisotopic (exact) mass is 525 g/mol. The molecule has 1 unspecified atom stereocenters. The molecule has 0 bridgehead atoms. The van der Waals surface area contributed by atoms with Crippen molar-refractivity contribution in [3.05, 3.63) is 105 Å². The normalized spacial score (nSPS) is 17.0. The maximum atomic E-state index is 13.1. The summed E-state index contributed by atoms with van der Waals surface area (Å²) in [6.45, 7) is 2.77. The third-order valence-electron chi connectivity index (χ3n) is 5.97. The van der Waals surface area contributed by atoms with Gasteiger partial charge in [0.1, 0.15) is 18.1 Å². The zero-order valence-electron chi connectivity index (χ0n) is 19.8. The number of aliphatic hydroxyl groups is 1. The molecule has 0 aromatic heterocycles. The number of halogens is 2. The first-order valence-corrected chi connectivity index (χ1v) is 12.1. The number of hydrogen-bond donors (Lipinski definition) is 1. The van der Waals surface area contributed by atoms with Gasteiger partial charge in [0.15, 0.2) is 0 Å². The average molecular weight is 526 g/mol. The number of carbonyl (C=O) groups excluding carboxylic acids is 2.